The van der Waals surface area contributed by atoms with Gasteiger partial charge in [0.2, 0.25) is 0 Å². The number of fused-ring (bicyclic) bond motifs is 1. The van der Waals surface area contributed by atoms with Crippen LogP contribution in [-0.2, 0) is 9.53 Å². The Labute approximate surface area is 130 Å². The maximum Gasteiger partial charge on any atom is 0.335 e. The van der Waals surface area contributed by atoms with E-state index in [2.05, 4.69) is 30.6 Å². The first-order valence-electron chi connectivity index (χ1n) is 7.19. The van der Waals surface area contributed by atoms with Crippen molar-refractivity contribution < 1.29 is 9.53 Å². The standard InChI is InChI=1S/C18H18N2O2/c1-4-14-9-15(18(21)22-3)17-10-19-16(11-20(14)17)13-7-5-12(2)6-8-13/h4-8,10-11,14H,1,9H2,2-3H3/t14-/m0/s1. The van der Waals surface area contributed by atoms with Crippen LogP contribution in [0.15, 0.2) is 59.4 Å². The number of methoxy groups -OCH3 is 1. The summed E-state index contributed by atoms with van der Waals surface area (Å²) in [4.78, 5) is 18.4. The number of carbonyl (C=O) groups is 1. The Kier molecular flexibility index (Phi) is 3.67. The normalized spacial score (nSPS) is 19.8. The molecule has 0 bridgehead atoms. The number of aliphatic imine (C=N–C) groups is 1. The van der Waals surface area contributed by atoms with E-state index in [1.54, 1.807) is 6.21 Å². The van der Waals surface area contributed by atoms with Gasteiger partial charge in [-0.15, -0.1) is 6.58 Å². The number of nitrogens with zero attached hydrogens (tertiary/aromatic N) is 2. The summed E-state index contributed by atoms with van der Waals surface area (Å²) in [6, 6.07) is 8.27. The highest BCUT2D eigenvalue weighted by molar-refractivity contribution is 6.00. The number of allylic oxidation sites excluding steroid dienone is 1. The summed E-state index contributed by atoms with van der Waals surface area (Å²) >= 11 is 0. The average molecular weight is 294 g/mol. The molecule has 0 radical (unpaired) electrons. The van der Waals surface area contributed by atoms with Crippen LogP contribution in [0.25, 0.3) is 5.70 Å². The van der Waals surface area contributed by atoms with Crippen molar-refractivity contribution in [3.8, 4) is 0 Å². The Morgan fingerprint density at radius 1 is 1.41 bits per heavy atom. The summed E-state index contributed by atoms with van der Waals surface area (Å²) in [5.74, 6) is -0.303. The highest BCUT2D eigenvalue weighted by Gasteiger charge is 2.33. The van der Waals surface area contributed by atoms with Crippen molar-refractivity contribution in [3.05, 3.63) is 65.5 Å². The number of ether oxygens (including phenoxy) is 1. The molecule has 0 saturated heterocycles. The number of rotatable bonds is 3. The van der Waals surface area contributed by atoms with Crippen LogP contribution >= 0.6 is 0 Å². The summed E-state index contributed by atoms with van der Waals surface area (Å²) in [6.45, 7) is 5.92. The molecule has 0 saturated carbocycles. The van der Waals surface area contributed by atoms with Crippen molar-refractivity contribution in [1.29, 1.82) is 0 Å². The molecule has 1 aromatic carbocycles. The van der Waals surface area contributed by atoms with Gasteiger partial charge in [-0.05, 0) is 6.92 Å². The second-order valence-corrected chi connectivity index (χ2v) is 5.41. The van der Waals surface area contributed by atoms with Crippen LogP contribution in [0.5, 0.6) is 0 Å². The maximum atomic E-state index is 11.9. The molecule has 0 fully saturated rings. The number of esters is 1. The molecule has 2 aliphatic heterocycles. The molecule has 0 amide bonds. The number of aryl methyl sites for hydroxylation is 1. The molecular weight excluding hydrogens is 276 g/mol. The molecule has 4 nitrogen and oxygen atoms in total. The summed E-state index contributed by atoms with van der Waals surface area (Å²) in [5.41, 5.74) is 4.59. The molecule has 2 heterocycles. The largest absolute Gasteiger partial charge is 0.466 e. The van der Waals surface area contributed by atoms with Crippen LogP contribution < -0.4 is 0 Å². The molecule has 0 aliphatic carbocycles. The molecule has 22 heavy (non-hydrogen) atoms. The molecule has 3 rings (SSSR count). The van der Waals surface area contributed by atoms with Crippen molar-refractivity contribution in [3.63, 3.8) is 0 Å². The fraction of sp³-hybridized carbons (Fsp3) is 0.222. The molecule has 0 N–H and O–H groups in total. The number of carbonyl (C=O) groups excluding carboxylic acids is 1. The van der Waals surface area contributed by atoms with E-state index >= 15 is 0 Å². The zero-order chi connectivity index (χ0) is 15.7. The predicted molar refractivity (Wildman–Crippen MR) is 87.1 cm³/mol. The van der Waals surface area contributed by atoms with Crippen LogP contribution in [0.4, 0.5) is 0 Å². The van der Waals surface area contributed by atoms with Gasteiger partial charge in [0.1, 0.15) is 0 Å². The van der Waals surface area contributed by atoms with Crippen LogP contribution in [0.1, 0.15) is 17.5 Å². The van der Waals surface area contributed by atoms with E-state index in [0.717, 1.165) is 17.0 Å². The Morgan fingerprint density at radius 2 is 2.14 bits per heavy atom. The minimum Gasteiger partial charge on any atom is -0.466 e. The van der Waals surface area contributed by atoms with Crippen LogP contribution in [-0.4, -0.2) is 30.2 Å². The average Bonchev–Trinajstić information content (AvgIpc) is 2.92. The molecule has 1 aromatic rings. The Bertz CT molecular complexity index is 711. The second kappa shape index (κ2) is 5.64. The lowest BCUT2D eigenvalue weighted by Crippen LogP contribution is -2.25. The predicted octanol–water partition coefficient (Wildman–Crippen LogP) is 3.07. The van der Waals surface area contributed by atoms with Crippen molar-refractivity contribution in [2.75, 3.05) is 7.11 Å². The molecule has 4 heteroatoms. The quantitative estimate of drug-likeness (QED) is 0.635. The molecule has 0 spiro atoms. The smallest absolute Gasteiger partial charge is 0.335 e. The van der Waals surface area contributed by atoms with E-state index in [4.69, 9.17) is 4.74 Å². The van der Waals surface area contributed by atoms with Gasteiger partial charge in [0.15, 0.2) is 0 Å². The van der Waals surface area contributed by atoms with Gasteiger partial charge < -0.3 is 9.64 Å². The first kappa shape index (κ1) is 14.3. The first-order chi connectivity index (χ1) is 10.6. The minimum absolute atomic E-state index is 0.0521. The first-order valence-corrected chi connectivity index (χ1v) is 7.19. The minimum atomic E-state index is -0.303. The van der Waals surface area contributed by atoms with Gasteiger partial charge in [-0.2, -0.15) is 0 Å². The number of benzene rings is 1. The maximum absolute atomic E-state index is 11.9. The lowest BCUT2D eigenvalue weighted by molar-refractivity contribution is -0.136. The summed E-state index contributed by atoms with van der Waals surface area (Å²) in [5, 5.41) is 0. The second-order valence-electron chi connectivity index (χ2n) is 5.41. The molecular formula is C18H18N2O2. The highest BCUT2D eigenvalue weighted by atomic mass is 16.5. The monoisotopic (exact) mass is 294 g/mol. The third kappa shape index (κ3) is 2.37. The van der Waals surface area contributed by atoms with Gasteiger partial charge >= 0.3 is 5.97 Å². The SMILES string of the molecule is C=C[C@H]1CC(C(=O)OC)=C2C=NC(c3ccc(C)cc3)=CN21. The molecule has 0 aromatic heterocycles. The van der Waals surface area contributed by atoms with Gasteiger partial charge in [0.25, 0.3) is 0 Å². The van der Waals surface area contributed by atoms with Gasteiger partial charge in [-0.25, -0.2) is 4.79 Å². The third-order valence-electron chi connectivity index (χ3n) is 4.00. The van der Waals surface area contributed by atoms with E-state index in [1.165, 1.54) is 12.7 Å². The molecule has 2 aliphatic rings. The Hall–Kier alpha value is -2.62. The Balaban J connectivity index is 1.99. The van der Waals surface area contributed by atoms with Gasteiger partial charge in [-0.1, -0.05) is 35.9 Å². The van der Waals surface area contributed by atoms with E-state index in [0.29, 0.717) is 12.0 Å². The van der Waals surface area contributed by atoms with E-state index in [-0.39, 0.29) is 12.0 Å². The van der Waals surface area contributed by atoms with Gasteiger partial charge in [-0.3, -0.25) is 4.99 Å². The summed E-state index contributed by atoms with van der Waals surface area (Å²) in [7, 11) is 1.40. The van der Waals surface area contributed by atoms with E-state index in [9.17, 15) is 4.79 Å². The topological polar surface area (TPSA) is 41.9 Å². The lowest BCUT2D eigenvalue weighted by Gasteiger charge is -2.25. The number of hydrogen-bond acceptors (Lipinski definition) is 4. The van der Waals surface area contributed by atoms with Crippen LogP contribution in [0, 0.1) is 6.92 Å². The highest BCUT2D eigenvalue weighted by Crippen LogP contribution is 2.34. The van der Waals surface area contributed by atoms with Crippen LogP contribution in [0.2, 0.25) is 0 Å². The summed E-state index contributed by atoms with van der Waals surface area (Å²) in [6.07, 6.45) is 6.15. The number of hydrogen-bond donors (Lipinski definition) is 0. The molecule has 0 unspecified atom stereocenters. The van der Waals surface area contributed by atoms with E-state index < -0.39 is 0 Å². The van der Waals surface area contributed by atoms with Crippen molar-refractivity contribution in [2.45, 2.75) is 19.4 Å². The fourth-order valence-electron chi connectivity index (χ4n) is 2.73. The molecule has 1 atom stereocenters. The molecule has 112 valence electrons. The van der Waals surface area contributed by atoms with Crippen LogP contribution in [0.3, 0.4) is 0 Å². The van der Waals surface area contributed by atoms with E-state index in [1.807, 2.05) is 29.3 Å². The summed E-state index contributed by atoms with van der Waals surface area (Å²) < 4.78 is 4.86. The lowest BCUT2D eigenvalue weighted by atomic mass is 10.1. The van der Waals surface area contributed by atoms with Crippen molar-refractivity contribution >= 4 is 17.9 Å². The fourth-order valence-corrected chi connectivity index (χ4v) is 2.73. The van der Waals surface area contributed by atoms with Gasteiger partial charge in [0.05, 0.1) is 36.3 Å². The van der Waals surface area contributed by atoms with Gasteiger partial charge in [0, 0.05) is 18.2 Å². The third-order valence-corrected chi connectivity index (χ3v) is 4.00. The zero-order valence-electron chi connectivity index (χ0n) is 12.7. The van der Waals surface area contributed by atoms with Crippen molar-refractivity contribution in [2.24, 2.45) is 4.99 Å². The van der Waals surface area contributed by atoms with Crippen molar-refractivity contribution in [1.82, 2.24) is 4.90 Å². The Morgan fingerprint density at radius 3 is 2.77 bits per heavy atom. The zero-order valence-corrected chi connectivity index (χ0v) is 12.7.